The van der Waals surface area contributed by atoms with E-state index in [9.17, 15) is 4.79 Å². The molecule has 3 aromatic heterocycles. The Labute approximate surface area is 123 Å². The number of esters is 1. The molecule has 0 atom stereocenters. The fourth-order valence-corrected chi connectivity index (χ4v) is 3.06. The largest absolute Gasteiger partial charge is 0.455 e. The highest BCUT2D eigenvalue weighted by molar-refractivity contribution is 7.14. The summed E-state index contributed by atoms with van der Waals surface area (Å²) in [6.07, 6.45) is 1.52. The number of ether oxygens (including phenoxy) is 1. The fraction of sp³-hybridized carbons (Fsp3) is 0.143. The molecule has 3 heterocycles. The van der Waals surface area contributed by atoms with Gasteiger partial charge in [-0.2, -0.15) is 0 Å². The van der Waals surface area contributed by atoms with Crippen LogP contribution in [0.4, 0.5) is 0 Å². The van der Waals surface area contributed by atoms with Crippen molar-refractivity contribution < 1.29 is 13.9 Å². The van der Waals surface area contributed by atoms with Crippen LogP contribution in [0.2, 0.25) is 0 Å². The Hall–Kier alpha value is -1.92. The summed E-state index contributed by atoms with van der Waals surface area (Å²) >= 11 is 2.97. The molecular weight excluding hydrogens is 294 g/mol. The van der Waals surface area contributed by atoms with Crippen LogP contribution in [0.15, 0.2) is 40.3 Å². The molecule has 20 heavy (non-hydrogen) atoms. The van der Waals surface area contributed by atoms with Crippen molar-refractivity contribution in [1.82, 2.24) is 4.98 Å². The van der Waals surface area contributed by atoms with Crippen LogP contribution in [-0.2, 0) is 11.3 Å². The monoisotopic (exact) mass is 305 g/mol. The number of hydrogen-bond donors (Lipinski definition) is 0. The summed E-state index contributed by atoms with van der Waals surface area (Å²) in [5.41, 5.74) is 0.607. The molecule has 3 rings (SSSR count). The van der Waals surface area contributed by atoms with Gasteiger partial charge in [-0.1, -0.05) is 6.07 Å². The van der Waals surface area contributed by atoms with Gasteiger partial charge in [0.1, 0.15) is 23.4 Å². The van der Waals surface area contributed by atoms with Gasteiger partial charge in [0, 0.05) is 4.88 Å². The van der Waals surface area contributed by atoms with Gasteiger partial charge in [-0.3, -0.25) is 0 Å². The lowest BCUT2D eigenvalue weighted by molar-refractivity contribution is 0.0473. The molecule has 3 aromatic rings. The molecule has 4 nitrogen and oxygen atoms in total. The number of carbonyl (C=O) groups is 1. The molecule has 0 aliphatic heterocycles. The van der Waals surface area contributed by atoms with Crippen LogP contribution < -0.4 is 0 Å². The maximum absolute atomic E-state index is 11.8. The molecule has 0 saturated heterocycles. The lowest BCUT2D eigenvalue weighted by Gasteiger charge is -1.99. The second-order valence-corrected chi connectivity index (χ2v) is 6.34. The first-order chi connectivity index (χ1) is 9.72. The highest BCUT2D eigenvalue weighted by Crippen LogP contribution is 2.24. The Bertz CT molecular complexity index is 712. The van der Waals surface area contributed by atoms with Crippen molar-refractivity contribution in [2.24, 2.45) is 0 Å². The first-order valence-electron chi connectivity index (χ1n) is 5.94. The number of rotatable bonds is 4. The van der Waals surface area contributed by atoms with Gasteiger partial charge in [0.2, 0.25) is 5.89 Å². The second kappa shape index (κ2) is 5.60. The van der Waals surface area contributed by atoms with Crippen molar-refractivity contribution >= 4 is 28.6 Å². The summed E-state index contributed by atoms with van der Waals surface area (Å²) in [6, 6.07) is 7.53. The van der Waals surface area contributed by atoms with E-state index in [1.54, 1.807) is 17.4 Å². The Morgan fingerprint density at radius 3 is 3.00 bits per heavy atom. The molecule has 0 bridgehead atoms. The molecule has 0 saturated carbocycles. The molecule has 0 radical (unpaired) electrons. The van der Waals surface area contributed by atoms with Crippen molar-refractivity contribution in [3.63, 3.8) is 0 Å². The summed E-state index contributed by atoms with van der Waals surface area (Å²) in [6.45, 7) is 2.07. The Kier molecular flexibility index (Phi) is 3.66. The zero-order chi connectivity index (χ0) is 13.9. The SMILES string of the molecule is Cc1ccc(C(=O)OCc2coc(-c3cccs3)n2)s1. The average molecular weight is 305 g/mol. The van der Waals surface area contributed by atoms with E-state index >= 15 is 0 Å². The van der Waals surface area contributed by atoms with Crippen LogP contribution >= 0.6 is 22.7 Å². The standard InChI is InChI=1S/C14H11NO3S2/c1-9-4-5-12(20-9)14(16)18-8-10-7-17-13(15-10)11-3-2-6-19-11/h2-7H,8H2,1H3. The molecule has 0 aliphatic rings. The lowest BCUT2D eigenvalue weighted by Crippen LogP contribution is -2.03. The Morgan fingerprint density at radius 2 is 2.30 bits per heavy atom. The van der Waals surface area contributed by atoms with Crippen molar-refractivity contribution in [1.29, 1.82) is 0 Å². The molecule has 0 N–H and O–H groups in total. The second-order valence-electron chi connectivity index (χ2n) is 4.11. The zero-order valence-corrected chi connectivity index (χ0v) is 12.3. The number of aromatic nitrogens is 1. The van der Waals surface area contributed by atoms with Crippen molar-refractivity contribution in [2.45, 2.75) is 13.5 Å². The quantitative estimate of drug-likeness (QED) is 0.680. The van der Waals surface area contributed by atoms with Crippen LogP contribution in [-0.4, -0.2) is 11.0 Å². The van der Waals surface area contributed by atoms with Crippen LogP contribution in [0, 0.1) is 6.92 Å². The van der Waals surface area contributed by atoms with Gasteiger partial charge in [-0.05, 0) is 30.5 Å². The van der Waals surface area contributed by atoms with Crippen LogP contribution in [0.3, 0.4) is 0 Å². The Morgan fingerprint density at radius 1 is 1.40 bits per heavy atom. The minimum absolute atomic E-state index is 0.116. The van der Waals surface area contributed by atoms with E-state index < -0.39 is 0 Å². The van der Waals surface area contributed by atoms with Gasteiger partial charge in [0.05, 0.1) is 4.88 Å². The van der Waals surface area contributed by atoms with Crippen LogP contribution in [0.1, 0.15) is 20.2 Å². The third-order valence-corrected chi connectivity index (χ3v) is 4.41. The number of oxazole rings is 1. The van der Waals surface area contributed by atoms with E-state index in [1.165, 1.54) is 17.6 Å². The number of carbonyl (C=O) groups excluding carboxylic acids is 1. The molecule has 0 unspecified atom stereocenters. The molecule has 0 aromatic carbocycles. The smallest absolute Gasteiger partial charge is 0.348 e. The summed E-state index contributed by atoms with van der Waals surface area (Å²) in [7, 11) is 0. The predicted molar refractivity (Wildman–Crippen MR) is 78.0 cm³/mol. The normalized spacial score (nSPS) is 10.7. The van der Waals surface area contributed by atoms with Gasteiger partial charge in [0.25, 0.3) is 0 Å². The van der Waals surface area contributed by atoms with Gasteiger partial charge in [-0.15, -0.1) is 22.7 Å². The number of aryl methyl sites for hydroxylation is 1. The first-order valence-corrected chi connectivity index (χ1v) is 7.64. The van der Waals surface area contributed by atoms with Crippen LogP contribution in [0.5, 0.6) is 0 Å². The molecular formula is C14H11NO3S2. The van der Waals surface area contributed by atoms with E-state index in [0.29, 0.717) is 16.5 Å². The van der Waals surface area contributed by atoms with Crippen molar-refractivity contribution in [3.8, 4) is 10.8 Å². The van der Waals surface area contributed by atoms with Crippen molar-refractivity contribution in [3.05, 3.63) is 51.4 Å². The van der Waals surface area contributed by atoms with Gasteiger partial charge in [-0.25, -0.2) is 9.78 Å². The third-order valence-electron chi connectivity index (χ3n) is 2.58. The molecule has 0 fully saturated rings. The highest BCUT2D eigenvalue weighted by atomic mass is 32.1. The van der Waals surface area contributed by atoms with E-state index in [2.05, 4.69) is 4.98 Å². The summed E-state index contributed by atoms with van der Waals surface area (Å²) < 4.78 is 10.6. The minimum atomic E-state index is -0.330. The van der Waals surface area contributed by atoms with Gasteiger partial charge in [0.15, 0.2) is 0 Å². The molecule has 102 valence electrons. The van der Waals surface area contributed by atoms with Gasteiger partial charge < -0.3 is 9.15 Å². The Balaban J connectivity index is 1.63. The van der Waals surface area contributed by atoms with Gasteiger partial charge >= 0.3 is 5.97 Å². The molecule has 0 amide bonds. The molecule has 0 aliphatic carbocycles. The topological polar surface area (TPSA) is 52.3 Å². The minimum Gasteiger partial charge on any atom is -0.455 e. The summed E-state index contributed by atoms with van der Waals surface area (Å²) in [5, 5.41) is 1.96. The van der Waals surface area contributed by atoms with E-state index in [-0.39, 0.29) is 12.6 Å². The number of nitrogens with zero attached hydrogens (tertiary/aromatic N) is 1. The van der Waals surface area contributed by atoms with Crippen LogP contribution in [0.25, 0.3) is 10.8 Å². The summed E-state index contributed by atoms with van der Waals surface area (Å²) in [5.74, 6) is 0.224. The molecule has 6 heteroatoms. The maximum Gasteiger partial charge on any atom is 0.348 e. The average Bonchev–Trinajstić information content (AvgIpc) is 3.16. The zero-order valence-electron chi connectivity index (χ0n) is 10.7. The number of hydrogen-bond acceptors (Lipinski definition) is 6. The van der Waals surface area contributed by atoms with Crippen molar-refractivity contribution in [2.75, 3.05) is 0 Å². The van der Waals surface area contributed by atoms with E-state index in [1.807, 2.05) is 30.5 Å². The number of thiophene rings is 2. The molecule has 0 spiro atoms. The van der Waals surface area contributed by atoms with E-state index in [4.69, 9.17) is 9.15 Å². The fourth-order valence-electron chi connectivity index (χ4n) is 1.64. The van der Waals surface area contributed by atoms with E-state index in [0.717, 1.165) is 9.75 Å². The lowest BCUT2D eigenvalue weighted by atomic mass is 10.4. The third kappa shape index (κ3) is 2.81. The predicted octanol–water partition coefficient (Wildman–Crippen LogP) is 4.13. The first kappa shape index (κ1) is 13.1. The highest BCUT2D eigenvalue weighted by Gasteiger charge is 2.12. The maximum atomic E-state index is 11.8. The summed E-state index contributed by atoms with van der Waals surface area (Å²) in [4.78, 5) is 18.7.